The van der Waals surface area contributed by atoms with Gasteiger partial charge in [0.25, 0.3) is 0 Å². The first-order valence-corrected chi connectivity index (χ1v) is 23.6. The number of allylic oxidation sites excluding steroid dienone is 9. The van der Waals surface area contributed by atoms with Crippen LogP contribution in [-0.2, 0) is 52.2 Å². The molecule has 5 unspecified atom stereocenters. The molecule has 0 spiro atoms. The fourth-order valence-corrected chi connectivity index (χ4v) is 9.11. The second kappa shape index (κ2) is 26.7. The molecule has 68 heavy (non-hydrogen) atoms. The lowest BCUT2D eigenvalue weighted by Crippen LogP contribution is -2.62. The monoisotopic (exact) mass is 962 g/mol. The third-order valence-electron chi connectivity index (χ3n) is 13.7. The highest BCUT2D eigenvalue weighted by Crippen LogP contribution is 2.44. The second-order valence-corrected chi connectivity index (χ2v) is 18.9. The van der Waals surface area contributed by atoms with E-state index >= 15 is 0 Å². The number of ether oxygens (including phenoxy) is 9. The summed E-state index contributed by atoms with van der Waals surface area (Å²) in [4.78, 5) is 25.0. The van der Waals surface area contributed by atoms with E-state index in [0.717, 1.165) is 11.6 Å². The summed E-state index contributed by atoms with van der Waals surface area (Å²) >= 11 is 0. The van der Waals surface area contributed by atoms with Crippen molar-refractivity contribution in [2.75, 3.05) is 34.5 Å². The summed E-state index contributed by atoms with van der Waals surface area (Å²) in [6.45, 7) is 14.7. The number of amides is 1. The number of carboxylic acids is 1. The van der Waals surface area contributed by atoms with E-state index in [2.05, 4.69) is 5.32 Å². The zero-order valence-corrected chi connectivity index (χ0v) is 41.6. The quantitative estimate of drug-likeness (QED) is 0.0651. The number of carboxylic acid groups (broad SMARTS) is 1. The Labute approximate surface area is 402 Å². The zero-order valence-electron chi connectivity index (χ0n) is 41.6. The molecule has 4 aliphatic rings. The number of aliphatic carboxylic acids is 1. The maximum absolute atomic E-state index is 14.3. The van der Waals surface area contributed by atoms with Crippen LogP contribution < -0.4 is 5.32 Å². The predicted octanol–water partition coefficient (Wildman–Crippen LogP) is 4.45. The topological polar surface area (TPSA) is 230 Å². The van der Waals surface area contributed by atoms with Crippen LogP contribution >= 0.6 is 0 Å². The highest BCUT2D eigenvalue weighted by molar-refractivity contribution is 5.80. The Bertz CT molecular complexity index is 1810. The van der Waals surface area contributed by atoms with Crippen molar-refractivity contribution in [3.05, 3.63) is 84.6 Å². The second-order valence-electron chi connectivity index (χ2n) is 18.9. The van der Waals surface area contributed by atoms with E-state index in [0.29, 0.717) is 6.42 Å². The van der Waals surface area contributed by atoms with Crippen molar-refractivity contribution in [2.45, 2.75) is 166 Å². The van der Waals surface area contributed by atoms with Gasteiger partial charge in [-0.15, -0.1) is 0 Å². The fourth-order valence-electron chi connectivity index (χ4n) is 9.11. The summed E-state index contributed by atoms with van der Waals surface area (Å²) in [5.74, 6) is -5.51. The van der Waals surface area contributed by atoms with Gasteiger partial charge in [0.05, 0.1) is 61.5 Å². The fraction of sp³-hybridized carbons (Fsp3) is 0.686. The lowest BCUT2D eigenvalue weighted by Gasteiger charge is -2.50. The van der Waals surface area contributed by atoms with Crippen LogP contribution in [0.15, 0.2) is 84.6 Å². The molecule has 18 atom stereocenters. The Balaban J connectivity index is 1.49. The molecule has 17 heteroatoms. The smallest absolute Gasteiger partial charge is 0.328 e. The average Bonchev–Trinajstić information content (AvgIpc) is 3.66. The van der Waals surface area contributed by atoms with E-state index in [-0.39, 0.29) is 50.0 Å². The normalized spacial score (nSPS) is 37.5. The molecule has 17 nitrogen and oxygen atoms in total. The molecule has 0 aliphatic carbocycles. The summed E-state index contributed by atoms with van der Waals surface area (Å²) in [6, 6.07) is 0. The first kappa shape index (κ1) is 57.2. The van der Waals surface area contributed by atoms with Gasteiger partial charge in [-0.25, -0.2) is 4.79 Å². The van der Waals surface area contributed by atoms with Gasteiger partial charge in [0.15, 0.2) is 18.4 Å². The number of methoxy groups -OCH3 is 3. The Morgan fingerprint density at radius 3 is 2.25 bits per heavy atom. The molecule has 0 aromatic heterocycles. The lowest BCUT2D eigenvalue weighted by atomic mass is 9.73. The summed E-state index contributed by atoms with van der Waals surface area (Å²) < 4.78 is 55.2. The molecule has 4 saturated heterocycles. The predicted molar refractivity (Wildman–Crippen MR) is 253 cm³/mol. The van der Waals surface area contributed by atoms with Crippen LogP contribution in [0, 0.1) is 23.2 Å². The summed E-state index contributed by atoms with van der Waals surface area (Å²) in [7, 11) is 4.64. The number of nitrogens with one attached hydrogen (secondary N) is 1. The van der Waals surface area contributed by atoms with Crippen molar-refractivity contribution in [3.63, 3.8) is 0 Å². The van der Waals surface area contributed by atoms with Crippen molar-refractivity contribution in [1.82, 2.24) is 5.32 Å². The molecule has 4 rings (SSSR count). The van der Waals surface area contributed by atoms with Crippen LogP contribution in [0.4, 0.5) is 0 Å². The number of rotatable bonds is 22. The first-order chi connectivity index (χ1) is 32.2. The zero-order chi connectivity index (χ0) is 50.3. The van der Waals surface area contributed by atoms with Crippen molar-refractivity contribution < 1.29 is 77.8 Å². The molecule has 4 fully saturated rings. The molecule has 4 heterocycles. The van der Waals surface area contributed by atoms with E-state index in [1.54, 1.807) is 62.6 Å². The van der Waals surface area contributed by atoms with E-state index in [1.165, 1.54) is 20.3 Å². The Morgan fingerprint density at radius 1 is 0.882 bits per heavy atom. The van der Waals surface area contributed by atoms with Crippen LogP contribution in [0.3, 0.4) is 0 Å². The van der Waals surface area contributed by atoms with Crippen molar-refractivity contribution >= 4 is 11.9 Å². The molecule has 0 saturated carbocycles. The minimum atomic E-state index is -2.18. The molecule has 0 aromatic rings. The molecular formula is C51H79NO16. The number of hydrogen-bond acceptors (Lipinski definition) is 15. The largest absolute Gasteiger partial charge is 0.478 e. The van der Waals surface area contributed by atoms with Crippen LogP contribution in [0.5, 0.6) is 0 Å². The molecule has 0 radical (unpaired) electrons. The van der Waals surface area contributed by atoms with Gasteiger partial charge in [0.2, 0.25) is 5.91 Å². The first-order valence-electron chi connectivity index (χ1n) is 23.6. The Morgan fingerprint density at radius 2 is 1.59 bits per heavy atom. The maximum atomic E-state index is 14.3. The van der Waals surface area contributed by atoms with Crippen LogP contribution in [0.1, 0.15) is 74.7 Å². The molecule has 6 N–H and O–H groups in total. The molecule has 1 amide bonds. The van der Waals surface area contributed by atoms with Gasteiger partial charge in [-0.1, -0.05) is 101 Å². The molecule has 0 aromatic carbocycles. The van der Waals surface area contributed by atoms with E-state index < -0.39 is 103 Å². The van der Waals surface area contributed by atoms with Crippen LogP contribution in [0.2, 0.25) is 0 Å². The summed E-state index contributed by atoms with van der Waals surface area (Å²) in [5, 5.41) is 56.7. The van der Waals surface area contributed by atoms with Gasteiger partial charge < -0.3 is 73.5 Å². The number of hydrogen-bond donors (Lipinski definition) is 6. The highest BCUT2D eigenvalue weighted by atomic mass is 16.7. The Kier molecular flexibility index (Phi) is 22.5. The maximum Gasteiger partial charge on any atom is 0.328 e. The van der Waals surface area contributed by atoms with Gasteiger partial charge >= 0.3 is 5.97 Å². The van der Waals surface area contributed by atoms with Gasteiger partial charge in [-0.2, -0.15) is 0 Å². The van der Waals surface area contributed by atoms with Crippen molar-refractivity contribution in [3.8, 4) is 0 Å². The van der Waals surface area contributed by atoms with E-state index in [4.69, 9.17) is 47.7 Å². The number of carbonyl (C=O) groups excluding carboxylic acids is 1. The SMILES string of the molecule is C/C=C\C=C\[C@@H]1O[C@](O)([C@H](CO[C@@H]2O[C@@H](C)[C@@H](C)[C@@H](O[C@@H]3C[C@@H](OC)[C@@H](O)[C@H](C)O3)[C@H]2OC)C(=O)NC/C=C/C=C(\C)C(OC)C(C)C2CC(O)C(/C=C/C=C/C=C/C(=O)O)O2)C[C@H](O)C1(C)C. The number of carbonyl (C=O) groups is 2. The van der Waals surface area contributed by atoms with Crippen molar-refractivity contribution in [2.24, 2.45) is 23.2 Å². The summed E-state index contributed by atoms with van der Waals surface area (Å²) in [5.41, 5.74) is 0.0601. The van der Waals surface area contributed by atoms with Crippen LogP contribution in [0.25, 0.3) is 0 Å². The minimum absolute atomic E-state index is 0.0651. The summed E-state index contributed by atoms with van der Waals surface area (Å²) in [6.07, 6.45) is 12.8. The van der Waals surface area contributed by atoms with Gasteiger partial charge in [-0.3, -0.25) is 4.79 Å². The lowest BCUT2D eigenvalue weighted by molar-refractivity contribution is -0.344. The Hall–Kier alpha value is -3.40. The molecule has 384 valence electrons. The number of aliphatic hydroxyl groups excluding tert-OH is 3. The highest BCUT2D eigenvalue weighted by Gasteiger charge is 2.56. The molecular weight excluding hydrogens is 883 g/mol. The van der Waals surface area contributed by atoms with Crippen molar-refractivity contribution in [1.29, 1.82) is 0 Å². The number of aliphatic hydroxyl groups is 4. The van der Waals surface area contributed by atoms with Gasteiger partial charge in [-0.05, 0) is 33.3 Å². The van der Waals surface area contributed by atoms with Crippen LogP contribution in [-0.4, -0.2) is 164 Å². The third kappa shape index (κ3) is 15.1. The average molecular weight is 962 g/mol. The molecule has 4 aliphatic heterocycles. The standard InChI is InChI=1S/C51H79NO16/c1-12-13-16-23-41-50(7,8)40(54)28-51(59,68-41)35(29-63-49-47(62-11)46(31(3)33(5)65-49)67-43-27-39(60-9)44(57)34(6)64-43)48(58)52-25-20-19-21-30(2)45(61-10)32(4)38-26-36(53)37(66-38)22-17-14-15-18-24-42(55)56/h12-24,31-41,43-47,49,53-54,57,59H,25-29H2,1-11H3,(H,52,58)(H,55,56)/b13-12-,15-14+,20-19+,22-17+,23-16+,24-18+,30-21+/t31-,32?,33+,34+,35-,36?,37?,38?,39-,40+,41+,43-,44+,45?,46-,47-,49-,51+/m1/s1. The van der Waals surface area contributed by atoms with Gasteiger partial charge in [0.1, 0.15) is 24.2 Å². The van der Waals surface area contributed by atoms with E-state index in [1.807, 2.05) is 66.7 Å². The molecule has 0 bridgehead atoms. The van der Waals surface area contributed by atoms with E-state index in [9.17, 15) is 30.0 Å². The minimum Gasteiger partial charge on any atom is -0.478 e. The third-order valence-corrected chi connectivity index (χ3v) is 13.7. The van der Waals surface area contributed by atoms with Gasteiger partial charge in [0, 0.05) is 70.5 Å².